The first-order valence-corrected chi connectivity index (χ1v) is 15.8. The molecule has 1 saturated heterocycles. The third kappa shape index (κ3) is 10.7. The van der Waals surface area contributed by atoms with Gasteiger partial charge in [-0.25, -0.2) is 4.79 Å². The smallest absolute Gasteiger partial charge is 0.326 e. The second-order valence-corrected chi connectivity index (χ2v) is 11.4. The summed E-state index contributed by atoms with van der Waals surface area (Å²) < 4.78 is 16.3. The quantitative estimate of drug-likeness (QED) is 0.143. The van der Waals surface area contributed by atoms with Crippen LogP contribution in [0.15, 0.2) is 36.5 Å². The SMILES string of the molecule is CC(C)[C@H](NC(=O)[C@@H]1CCCN1C(=O)C[C@@H](C(N)=O)N(C(=O)CCOCCOCCOCCN)c1ccnc2ccccc12)C(=O)O. The lowest BCUT2D eigenvalue weighted by molar-refractivity contribution is -0.145. The van der Waals surface area contributed by atoms with E-state index >= 15 is 0 Å². The van der Waals surface area contributed by atoms with Crippen LogP contribution in [0.4, 0.5) is 5.69 Å². The number of amides is 4. The van der Waals surface area contributed by atoms with Crippen molar-refractivity contribution in [1.29, 1.82) is 0 Å². The number of nitrogens with zero attached hydrogens (tertiary/aromatic N) is 3. The number of pyridine rings is 1. The van der Waals surface area contributed by atoms with E-state index in [0.29, 0.717) is 55.8 Å². The lowest BCUT2D eigenvalue weighted by Gasteiger charge is -2.32. The van der Waals surface area contributed by atoms with Crippen LogP contribution in [0.1, 0.15) is 39.5 Å². The van der Waals surface area contributed by atoms with E-state index in [2.05, 4.69) is 10.3 Å². The van der Waals surface area contributed by atoms with E-state index in [1.54, 1.807) is 44.2 Å². The maximum absolute atomic E-state index is 13.8. The van der Waals surface area contributed by atoms with E-state index in [1.165, 1.54) is 16.0 Å². The second kappa shape index (κ2) is 18.8. The molecule has 0 saturated carbocycles. The summed E-state index contributed by atoms with van der Waals surface area (Å²) in [5.41, 5.74) is 12.1. The fourth-order valence-corrected chi connectivity index (χ4v) is 5.37. The number of primary amides is 1. The lowest BCUT2D eigenvalue weighted by atomic mass is 10.0. The van der Waals surface area contributed by atoms with Gasteiger partial charge in [0.05, 0.1) is 63.7 Å². The van der Waals surface area contributed by atoms with Crippen LogP contribution in [0.3, 0.4) is 0 Å². The average molecular weight is 659 g/mol. The van der Waals surface area contributed by atoms with Crippen molar-refractivity contribution in [3.8, 4) is 0 Å². The van der Waals surface area contributed by atoms with Gasteiger partial charge in [-0.3, -0.25) is 29.1 Å². The standard InChI is InChI=1S/C32H46N6O9/c1-21(2)29(32(43)44)36-31(42)25-8-5-13-37(25)28(40)20-26(30(34)41)38(24-9-12-35-23-7-4-3-6-22(23)24)27(39)10-14-45-16-18-47-19-17-46-15-11-33/h3-4,6-7,9,12,21,25-26,29H,5,8,10-11,13-20,33H2,1-2H3,(H2,34,41)(H,36,42)(H,43,44)/t25-,26-,29-/m0/s1. The Balaban J connectivity index is 1.77. The van der Waals surface area contributed by atoms with Gasteiger partial charge < -0.3 is 41.0 Å². The van der Waals surface area contributed by atoms with Crippen LogP contribution in [0.5, 0.6) is 0 Å². The Labute approximate surface area is 273 Å². The van der Waals surface area contributed by atoms with Gasteiger partial charge in [-0.1, -0.05) is 32.0 Å². The number of nitrogens with one attached hydrogen (secondary N) is 1. The van der Waals surface area contributed by atoms with Gasteiger partial charge in [0.15, 0.2) is 0 Å². The second-order valence-electron chi connectivity index (χ2n) is 11.4. The summed E-state index contributed by atoms with van der Waals surface area (Å²) in [5.74, 6) is -4.14. The number of carboxylic acid groups (broad SMARTS) is 1. The number of ether oxygens (including phenoxy) is 3. The zero-order valence-electron chi connectivity index (χ0n) is 27.0. The van der Waals surface area contributed by atoms with Crippen LogP contribution in [0.25, 0.3) is 10.9 Å². The Hall–Kier alpha value is -4.18. The number of carbonyl (C=O) groups excluding carboxylic acids is 4. The monoisotopic (exact) mass is 658 g/mol. The molecule has 0 unspecified atom stereocenters. The molecule has 3 rings (SSSR count). The minimum Gasteiger partial charge on any atom is -0.480 e. The van der Waals surface area contributed by atoms with Gasteiger partial charge in [-0.15, -0.1) is 0 Å². The van der Waals surface area contributed by atoms with E-state index in [-0.39, 0.29) is 38.7 Å². The van der Waals surface area contributed by atoms with Gasteiger partial charge in [-0.05, 0) is 30.9 Å². The van der Waals surface area contributed by atoms with Crippen LogP contribution in [-0.2, 0) is 38.2 Å². The molecule has 47 heavy (non-hydrogen) atoms. The van der Waals surface area contributed by atoms with E-state index in [9.17, 15) is 29.1 Å². The molecule has 1 aliphatic heterocycles. The fraction of sp³-hybridized carbons (Fsp3) is 0.562. The summed E-state index contributed by atoms with van der Waals surface area (Å²) in [5, 5.41) is 12.6. The molecular formula is C32H46N6O9. The molecule has 0 bridgehead atoms. The Morgan fingerprint density at radius 2 is 1.68 bits per heavy atom. The number of carboxylic acids is 1. The predicted octanol–water partition coefficient (Wildman–Crippen LogP) is 0.427. The molecule has 0 radical (unpaired) electrons. The van der Waals surface area contributed by atoms with E-state index in [0.717, 1.165) is 0 Å². The van der Waals surface area contributed by atoms with Crippen molar-refractivity contribution >= 4 is 46.2 Å². The highest BCUT2D eigenvalue weighted by Gasteiger charge is 2.40. The topological polar surface area (TPSA) is 217 Å². The van der Waals surface area contributed by atoms with Crippen molar-refractivity contribution in [2.24, 2.45) is 17.4 Å². The number of aliphatic carboxylic acids is 1. The van der Waals surface area contributed by atoms with Crippen LogP contribution >= 0.6 is 0 Å². The minimum absolute atomic E-state index is 0.0137. The Morgan fingerprint density at radius 1 is 1.02 bits per heavy atom. The molecule has 258 valence electrons. The molecule has 2 heterocycles. The molecule has 0 aliphatic carbocycles. The normalized spacial score (nSPS) is 15.8. The maximum atomic E-state index is 13.8. The minimum atomic E-state index is -1.40. The van der Waals surface area contributed by atoms with Crippen LogP contribution in [-0.4, -0.2) is 115 Å². The molecule has 2 aromatic rings. The molecule has 1 aliphatic rings. The number of rotatable bonds is 20. The van der Waals surface area contributed by atoms with Crippen molar-refractivity contribution in [3.63, 3.8) is 0 Å². The molecule has 1 aromatic heterocycles. The maximum Gasteiger partial charge on any atom is 0.326 e. The molecular weight excluding hydrogens is 612 g/mol. The molecule has 15 heteroatoms. The van der Waals surface area contributed by atoms with Crippen LogP contribution in [0.2, 0.25) is 0 Å². The van der Waals surface area contributed by atoms with Crippen LogP contribution in [0, 0.1) is 5.92 Å². The van der Waals surface area contributed by atoms with E-state index in [1.807, 2.05) is 0 Å². The summed E-state index contributed by atoms with van der Waals surface area (Å²) >= 11 is 0. The van der Waals surface area contributed by atoms with Gasteiger partial charge in [0, 0.05) is 24.7 Å². The predicted molar refractivity (Wildman–Crippen MR) is 172 cm³/mol. The Kier molecular flexibility index (Phi) is 14.9. The third-order valence-electron chi connectivity index (χ3n) is 7.74. The molecule has 0 spiro atoms. The number of nitrogens with two attached hydrogens (primary N) is 2. The van der Waals surface area contributed by atoms with Gasteiger partial charge >= 0.3 is 5.97 Å². The van der Waals surface area contributed by atoms with Gasteiger partial charge in [0.1, 0.15) is 18.1 Å². The summed E-state index contributed by atoms with van der Waals surface area (Å²) in [6.45, 7) is 5.73. The van der Waals surface area contributed by atoms with Crippen molar-refractivity contribution in [1.82, 2.24) is 15.2 Å². The molecule has 15 nitrogen and oxygen atoms in total. The first-order valence-electron chi connectivity index (χ1n) is 15.8. The third-order valence-corrected chi connectivity index (χ3v) is 7.74. The summed E-state index contributed by atoms with van der Waals surface area (Å²) in [7, 11) is 0. The number of fused-ring (bicyclic) bond motifs is 1. The van der Waals surface area contributed by atoms with Crippen molar-refractivity contribution in [3.05, 3.63) is 36.5 Å². The number of aromatic nitrogens is 1. The number of hydrogen-bond acceptors (Lipinski definition) is 10. The van der Waals surface area contributed by atoms with E-state index in [4.69, 9.17) is 25.7 Å². The number of para-hydroxylation sites is 1. The summed E-state index contributed by atoms with van der Waals surface area (Å²) in [4.78, 5) is 72.2. The fourth-order valence-electron chi connectivity index (χ4n) is 5.37. The van der Waals surface area contributed by atoms with Gasteiger partial charge in [0.2, 0.25) is 23.6 Å². The summed E-state index contributed by atoms with van der Waals surface area (Å²) in [6.07, 6.45) is 1.70. The lowest BCUT2D eigenvalue weighted by Crippen LogP contribution is -2.54. The van der Waals surface area contributed by atoms with Crippen molar-refractivity contribution < 1.29 is 43.3 Å². The summed E-state index contributed by atoms with van der Waals surface area (Å²) in [6, 6.07) is 5.17. The zero-order valence-corrected chi connectivity index (χ0v) is 27.0. The molecule has 4 amide bonds. The Bertz CT molecular complexity index is 1370. The van der Waals surface area contributed by atoms with Crippen molar-refractivity contribution in [2.45, 2.75) is 57.7 Å². The number of anilines is 1. The molecule has 6 N–H and O–H groups in total. The highest BCUT2D eigenvalue weighted by atomic mass is 16.5. The zero-order chi connectivity index (χ0) is 34.3. The van der Waals surface area contributed by atoms with Crippen molar-refractivity contribution in [2.75, 3.05) is 57.6 Å². The number of likely N-dealkylation sites (tertiary alicyclic amines) is 1. The first kappa shape index (κ1) is 37.3. The first-order chi connectivity index (χ1) is 22.6. The van der Waals surface area contributed by atoms with Crippen LogP contribution < -0.4 is 21.7 Å². The Morgan fingerprint density at radius 3 is 2.32 bits per heavy atom. The molecule has 1 fully saturated rings. The van der Waals surface area contributed by atoms with Gasteiger partial charge in [-0.2, -0.15) is 0 Å². The highest BCUT2D eigenvalue weighted by Crippen LogP contribution is 2.29. The number of benzene rings is 1. The van der Waals surface area contributed by atoms with Gasteiger partial charge in [0.25, 0.3) is 0 Å². The van der Waals surface area contributed by atoms with E-state index < -0.39 is 54.1 Å². The number of carbonyl (C=O) groups is 5. The molecule has 1 aromatic carbocycles. The largest absolute Gasteiger partial charge is 0.480 e. The molecule has 3 atom stereocenters. The average Bonchev–Trinajstić information content (AvgIpc) is 3.54. The number of hydrogen-bond donors (Lipinski definition) is 4. The highest BCUT2D eigenvalue weighted by molar-refractivity contribution is 6.08.